The van der Waals surface area contributed by atoms with Gasteiger partial charge in [-0.05, 0) is 5.92 Å². The second-order valence-electron chi connectivity index (χ2n) is 2.87. The fraction of sp³-hybridized carbons (Fsp3) is 0.857. The lowest BCUT2D eigenvalue weighted by Crippen LogP contribution is -2.22. The molecule has 1 rings (SSSR count). The van der Waals surface area contributed by atoms with Crippen molar-refractivity contribution in [3.8, 4) is 0 Å². The number of halogens is 2. The van der Waals surface area contributed by atoms with E-state index >= 15 is 0 Å². The molecule has 0 spiro atoms. The van der Waals surface area contributed by atoms with Gasteiger partial charge in [0.25, 0.3) is 0 Å². The van der Waals surface area contributed by atoms with Crippen LogP contribution in [0.25, 0.3) is 0 Å². The van der Waals surface area contributed by atoms with Gasteiger partial charge in [0, 0.05) is 6.42 Å². The fourth-order valence-corrected chi connectivity index (χ4v) is 1.16. The summed E-state index contributed by atoms with van der Waals surface area (Å²) in [6, 6.07) is -3.17. The Labute approximate surface area is 63.3 Å². The summed E-state index contributed by atoms with van der Waals surface area (Å²) in [7, 11) is 0. The maximum atomic E-state index is 12.5. The molecule has 1 aliphatic rings. The van der Waals surface area contributed by atoms with E-state index in [4.69, 9.17) is 0 Å². The Bertz CT molecular complexity index is 183. The van der Waals surface area contributed by atoms with Crippen LogP contribution in [0.4, 0.5) is 8.78 Å². The predicted molar refractivity (Wildman–Crippen MR) is 35.0 cm³/mol. The van der Waals surface area contributed by atoms with Gasteiger partial charge < -0.3 is 0 Å². The first-order valence-electron chi connectivity index (χ1n) is 3.61. The van der Waals surface area contributed by atoms with E-state index in [9.17, 15) is 13.6 Å². The van der Waals surface area contributed by atoms with Gasteiger partial charge in [0.2, 0.25) is 6.08 Å². The van der Waals surface area contributed by atoms with Crippen molar-refractivity contribution in [2.24, 2.45) is 10.9 Å². The molecule has 0 aromatic carbocycles. The smallest absolute Gasteiger partial charge is 0.211 e. The third-order valence-electron chi connectivity index (χ3n) is 1.97. The Morgan fingerprint density at radius 2 is 2.18 bits per heavy atom. The summed E-state index contributed by atoms with van der Waals surface area (Å²) in [5.74, 6) is 0.0575. The first kappa shape index (κ1) is 8.34. The standard InChI is InChI=1S/C7H9F2NO/c8-7(9,10-5-11)4-6-2-1-3-6/h6H,1-4H2. The summed E-state index contributed by atoms with van der Waals surface area (Å²) < 4.78 is 24.9. The molecule has 0 heterocycles. The minimum absolute atomic E-state index is 0.0575. The van der Waals surface area contributed by atoms with Gasteiger partial charge in [-0.3, -0.25) is 0 Å². The van der Waals surface area contributed by atoms with E-state index in [1.54, 1.807) is 0 Å². The third-order valence-corrected chi connectivity index (χ3v) is 1.97. The van der Waals surface area contributed by atoms with E-state index in [1.807, 2.05) is 0 Å². The highest BCUT2D eigenvalue weighted by Gasteiger charge is 2.34. The van der Waals surface area contributed by atoms with Crippen LogP contribution in [-0.2, 0) is 4.79 Å². The van der Waals surface area contributed by atoms with Gasteiger partial charge in [-0.1, -0.05) is 19.3 Å². The lowest BCUT2D eigenvalue weighted by atomic mass is 9.82. The van der Waals surface area contributed by atoms with Gasteiger partial charge in [-0.25, -0.2) is 4.79 Å². The van der Waals surface area contributed by atoms with Crippen LogP contribution in [0.2, 0.25) is 0 Å². The SMILES string of the molecule is O=C=NC(F)(F)CC1CCC1. The highest BCUT2D eigenvalue weighted by atomic mass is 19.3. The van der Waals surface area contributed by atoms with E-state index in [0.29, 0.717) is 0 Å². The van der Waals surface area contributed by atoms with Gasteiger partial charge in [0.05, 0.1) is 0 Å². The summed E-state index contributed by atoms with van der Waals surface area (Å²) in [5, 5.41) is 0. The Morgan fingerprint density at radius 1 is 1.55 bits per heavy atom. The predicted octanol–water partition coefficient (Wildman–Crippen LogP) is 2.11. The van der Waals surface area contributed by atoms with E-state index in [2.05, 4.69) is 4.99 Å². The molecule has 0 aliphatic heterocycles. The average Bonchev–Trinajstić information content (AvgIpc) is 1.79. The van der Waals surface area contributed by atoms with Gasteiger partial charge in [-0.2, -0.15) is 8.78 Å². The molecule has 0 aromatic rings. The number of hydrogen-bond acceptors (Lipinski definition) is 2. The van der Waals surface area contributed by atoms with Crippen molar-refractivity contribution < 1.29 is 13.6 Å². The average molecular weight is 161 g/mol. The largest absolute Gasteiger partial charge is 0.352 e. The van der Waals surface area contributed by atoms with Crippen molar-refractivity contribution in [3.63, 3.8) is 0 Å². The highest BCUT2D eigenvalue weighted by Crippen LogP contribution is 2.36. The molecule has 0 saturated heterocycles. The van der Waals surface area contributed by atoms with Crippen LogP contribution in [0, 0.1) is 5.92 Å². The normalized spacial score (nSPS) is 18.7. The Balaban J connectivity index is 2.37. The molecule has 1 fully saturated rings. The second-order valence-corrected chi connectivity index (χ2v) is 2.87. The zero-order chi connectivity index (χ0) is 8.32. The summed E-state index contributed by atoms with van der Waals surface area (Å²) >= 11 is 0. The number of carbonyl (C=O) groups excluding carboxylic acids is 1. The Hall–Kier alpha value is -0.760. The summed E-state index contributed by atoms with van der Waals surface area (Å²) in [6.45, 7) is 0. The van der Waals surface area contributed by atoms with Crippen molar-refractivity contribution in [3.05, 3.63) is 0 Å². The van der Waals surface area contributed by atoms with E-state index in [-0.39, 0.29) is 12.3 Å². The number of rotatable bonds is 3. The van der Waals surface area contributed by atoms with Crippen molar-refractivity contribution in [1.29, 1.82) is 0 Å². The molecular weight excluding hydrogens is 152 g/mol. The summed E-state index contributed by atoms with van der Waals surface area (Å²) in [5.41, 5.74) is 0. The minimum atomic E-state index is -3.17. The van der Waals surface area contributed by atoms with Crippen molar-refractivity contribution in [2.45, 2.75) is 31.7 Å². The minimum Gasteiger partial charge on any atom is -0.211 e. The molecule has 0 unspecified atom stereocenters. The van der Waals surface area contributed by atoms with Crippen LogP contribution in [-0.4, -0.2) is 12.1 Å². The van der Waals surface area contributed by atoms with Crippen LogP contribution in [0.3, 0.4) is 0 Å². The quantitative estimate of drug-likeness (QED) is 0.354. The van der Waals surface area contributed by atoms with Gasteiger partial charge in [0.1, 0.15) is 0 Å². The zero-order valence-corrected chi connectivity index (χ0v) is 6.02. The summed E-state index contributed by atoms with van der Waals surface area (Å²) in [6.07, 6.45) is 3.29. The summed E-state index contributed by atoms with van der Waals surface area (Å²) in [4.78, 5) is 12.0. The molecule has 4 heteroatoms. The monoisotopic (exact) mass is 161 g/mol. The molecule has 62 valence electrons. The van der Waals surface area contributed by atoms with Crippen LogP contribution in [0.1, 0.15) is 25.7 Å². The molecule has 0 amide bonds. The molecular formula is C7H9F2NO. The lowest BCUT2D eigenvalue weighted by molar-refractivity contribution is -0.0245. The van der Waals surface area contributed by atoms with Crippen molar-refractivity contribution in [2.75, 3.05) is 0 Å². The topological polar surface area (TPSA) is 29.4 Å². The van der Waals surface area contributed by atoms with Crippen LogP contribution < -0.4 is 0 Å². The van der Waals surface area contributed by atoms with Gasteiger partial charge in [-0.15, -0.1) is 4.99 Å². The number of alkyl halides is 2. The van der Waals surface area contributed by atoms with Crippen molar-refractivity contribution >= 4 is 6.08 Å². The first-order valence-corrected chi connectivity index (χ1v) is 3.61. The number of aliphatic imine (C=N–C) groups is 1. The molecule has 1 aliphatic carbocycles. The van der Waals surface area contributed by atoms with Crippen molar-refractivity contribution in [1.82, 2.24) is 0 Å². The number of isocyanates is 1. The molecule has 0 atom stereocenters. The van der Waals surface area contributed by atoms with Crippen LogP contribution in [0.5, 0.6) is 0 Å². The molecule has 2 nitrogen and oxygen atoms in total. The second kappa shape index (κ2) is 3.09. The maximum Gasteiger partial charge on any atom is 0.352 e. The molecule has 0 radical (unpaired) electrons. The Morgan fingerprint density at radius 3 is 2.55 bits per heavy atom. The van der Waals surface area contributed by atoms with Gasteiger partial charge >= 0.3 is 6.05 Å². The first-order chi connectivity index (χ1) is 5.14. The number of hydrogen-bond donors (Lipinski definition) is 0. The van der Waals surface area contributed by atoms with Crippen LogP contribution >= 0.6 is 0 Å². The lowest BCUT2D eigenvalue weighted by Gasteiger charge is -2.26. The molecule has 1 saturated carbocycles. The highest BCUT2D eigenvalue weighted by molar-refractivity contribution is 5.33. The zero-order valence-electron chi connectivity index (χ0n) is 6.02. The molecule has 0 bridgehead atoms. The number of nitrogens with zero attached hydrogens (tertiary/aromatic N) is 1. The third kappa shape index (κ3) is 2.39. The van der Waals surface area contributed by atoms with Crippen LogP contribution in [0.15, 0.2) is 4.99 Å². The van der Waals surface area contributed by atoms with E-state index < -0.39 is 6.05 Å². The fourth-order valence-electron chi connectivity index (χ4n) is 1.16. The molecule has 0 N–H and O–H groups in total. The maximum absolute atomic E-state index is 12.5. The Kier molecular flexibility index (Phi) is 2.35. The molecule has 0 aromatic heterocycles. The van der Waals surface area contributed by atoms with E-state index in [0.717, 1.165) is 25.3 Å². The van der Waals surface area contributed by atoms with Gasteiger partial charge in [0.15, 0.2) is 0 Å². The van der Waals surface area contributed by atoms with E-state index in [1.165, 1.54) is 0 Å². The molecule has 11 heavy (non-hydrogen) atoms.